The molecule has 1 heterocycles. The van der Waals surface area contributed by atoms with Gasteiger partial charge in [0.05, 0.1) is 6.54 Å². The van der Waals surface area contributed by atoms with Gasteiger partial charge in [-0.3, -0.25) is 9.59 Å². The van der Waals surface area contributed by atoms with Crippen LogP contribution >= 0.6 is 0 Å². The van der Waals surface area contributed by atoms with Gasteiger partial charge in [-0.25, -0.2) is 0 Å². The van der Waals surface area contributed by atoms with Crippen LogP contribution in [0.25, 0.3) is 0 Å². The lowest BCUT2D eigenvalue weighted by molar-refractivity contribution is -0.148. The third-order valence-corrected chi connectivity index (χ3v) is 4.17. The van der Waals surface area contributed by atoms with Crippen molar-refractivity contribution in [3.05, 3.63) is 0 Å². The first-order chi connectivity index (χ1) is 8.11. The lowest BCUT2D eigenvalue weighted by atomic mass is 9.93. The van der Waals surface area contributed by atoms with Crippen molar-refractivity contribution in [3.8, 4) is 0 Å². The second-order valence-corrected chi connectivity index (χ2v) is 5.38. The summed E-state index contributed by atoms with van der Waals surface area (Å²) >= 11 is 0. The first-order valence-electron chi connectivity index (χ1n) is 6.70. The fourth-order valence-electron chi connectivity index (χ4n) is 3.10. The molecule has 0 bridgehead atoms. The van der Waals surface area contributed by atoms with Crippen LogP contribution in [0.5, 0.6) is 0 Å². The molecule has 96 valence electrons. The molecule has 2 fully saturated rings. The average molecular weight is 238 g/mol. The minimum Gasteiger partial charge on any atom is -0.345 e. The van der Waals surface area contributed by atoms with Gasteiger partial charge in [-0.2, -0.15) is 0 Å². The van der Waals surface area contributed by atoms with E-state index < -0.39 is 0 Å². The number of nitrogens with one attached hydrogen (secondary N) is 1. The number of hydrogen-bond donors (Lipinski definition) is 1. The fraction of sp³-hybridized carbons (Fsp3) is 0.846. The SMILES string of the molecule is CC1CCCCCC1N1C(=O)CNC(=O)C1C. The summed E-state index contributed by atoms with van der Waals surface area (Å²) in [5.41, 5.74) is 0. The summed E-state index contributed by atoms with van der Waals surface area (Å²) in [6.45, 7) is 4.22. The molecule has 0 radical (unpaired) electrons. The van der Waals surface area contributed by atoms with Gasteiger partial charge in [0.25, 0.3) is 0 Å². The molecule has 0 aromatic rings. The average Bonchev–Trinajstić information content (AvgIpc) is 2.50. The highest BCUT2D eigenvalue weighted by atomic mass is 16.2. The third kappa shape index (κ3) is 2.45. The van der Waals surface area contributed by atoms with Crippen LogP contribution in [-0.4, -0.2) is 35.3 Å². The molecular formula is C13H22N2O2. The topological polar surface area (TPSA) is 49.4 Å². The van der Waals surface area contributed by atoms with Crippen LogP contribution in [0.1, 0.15) is 46.0 Å². The van der Waals surface area contributed by atoms with Gasteiger partial charge in [0.1, 0.15) is 6.04 Å². The van der Waals surface area contributed by atoms with E-state index >= 15 is 0 Å². The third-order valence-electron chi connectivity index (χ3n) is 4.17. The predicted molar refractivity (Wildman–Crippen MR) is 65.4 cm³/mol. The van der Waals surface area contributed by atoms with Crippen LogP contribution in [-0.2, 0) is 9.59 Å². The number of carbonyl (C=O) groups excluding carboxylic acids is 2. The van der Waals surface area contributed by atoms with Crippen LogP contribution < -0.4 is 5.32 Å². The van der Waals surface area contributed by atoms with Gasteiger partial charge in [-0.05, 0) is 25.7 Å². The monoisotopic (exact) mass is 238 g/mol. The minimum absolute atomic E-state index is 0.0129. The maximum atomic E-state index is 12.0. The Balaban J connectivity index is 2.16. The number of hydrogen-bond acceptors (Lipinski definition) is 2. The van der Waals surface area contributed by atoms with Gasteiger partial charge in [0.15, 0.2) is 0 Å². The number of rotatable bonds is 1. The Morgan fingerprint density at radius 1 is 1.12 bits per heavy atom. The number of amides is 2. The van der Waals surface area contributed by atoms with Crippen molar-refractivity contribution >= 4 is 11.8 Å². The molecule has 1 N–H and O–H groups in total. The zero-order valence-corrected chi connectivity index (χ0v) is 10.7. The Kier molecular flexibility index (Phi) is 3.69. The van der Waals surface area contributed by atoms with Crippen molar-refractivity contribution in [1.29, 1.82) is 0 Å². The van der Waals surface area contributed by atoms with Crippen molar-refractivity contribution in [2.24, 2.45) is 5.92 Å². The second kappa shape index (κ2) is 5.07. The van der Waals surface area contributed by atoms with E-state index in [-0.39, 0.29) is 30.4 Å². The van der Waals surface area contributed by atoms with E-state index in [0.717, 1.165) is 6.42 Å². The van der Waals surface area contributed by atoms with Crippen LogP contribution in [0.2, 0.25) is 0 Å². The molecule has 2 aliphatic rings. The number of nitrogens with zero attached hydrogens (tertiary/aromatic N) is 1. The Morgan fingerprint density at radius 3 is 2.59 bits per heavy atom. The van der Waals surface area contributed by atoms with Crippen LogP contribution in [0.15, 0.2) is 0 Å². The molecule has 0 aromatic heterocycles. The highest BCUT2D eigenvalue weighted by Crippen LogP contribution is 2.29. The molecule has 2 rings (SSSR count). The largest absolute Gasteiger partial charge is 0.345 e. The van der Waals surface area contributed by atoms with Crippen molar-refractivity contribution in [3.63, 3.8) is 0 Å². The fourth-order valence-corrected chi connectivity index (χ4v) is 3.10. The van der Waals surface area contributed by atoms with E-state index in [1.54, 1.807) is 0 Å². The minimum atomic E-state index is -0.304. The quantitative estimate of drug-likeness (QED) is 0.700. The zero-order chi connectivity index (χ0) is 12.4. The summed E-state index contributed by atoms with van der Waals surface area (Å²) < 4.78 is 0. The highest BCUT2D eigenvalue weighted by Gasteiger charge is 2.38. The molecule has 2 amide bonds. The van der Waals surface area contributed by atoms with Gasteiger partial charge in [0, 0.05) is 6.04 Å². The summed E-state index contributed by atoms with van der Waals surface area (Å²) in [5.74, 6) is 0.576. The molecule has 0 spiro atoms. The predicted octanol–water partition coefficient (Wildman–Crippen LogP) is 1.30. The molecule has 4 heteroatoms. The summed E-state index contributed by atoms with van der Waals surface area (Å²) in [7, 11) is 0. The van der Waals surface area contributed by atoms with E-state index in [9.17, 15) is 9.59 Å². The summed E-state index contributed by atoms with van der Waals surface area (Å²) in [4.78, 5) is 25.5. The first-order valence-corrected chi connectivity index (χ1v) is 6.70. The molecule has 3 atom stereocenters. The normalized spacial score (nSPS) is 35.4. The van der Waals surface area contributed by atoms with Crippen molar-refractivity contribution < 1.29 is 9.59 Å². The van der Waals surface area contributed by atoms with Gasteiger partial charge < -0.3 is 10.2 Å². The first kappa shape index (κ1) is 12.4. The van der Waals surface area contributed by atoms with Gasteiger partial charge >= 0.3 is 0 Å². The molecular weight excluding hydrogens is 216 g/mol. The highest BCUT2D eigenvalue weighted by molar-refractivity contribution is 5.94. The van der Waals surface area contributed by atoms with Gasteiger partial charge in [0.2, 0.25) is 11.8 Å². The standard InChI is InChI=1S/C13H22N2O2/c1-9-6-4-3-5-7-11(9)15-10(2)13(17)14-8-12(15)16/h9-11H,3-8H2,1-2H3,(H,14,17). The second-order valence-electron chi connectivity index (χ2n) is 5.38. The maximum Gasteiger partial charge on any atom is 0.242 e. The zero-order valence-electron chi connectivity index (χ0n) is 10.7. The number of piperazine rings is 1. The van der Waals surface area contributed by atoms with E-state index in [1.165, 1.54) is 25.7 Å². The lowest BCUT2D eigenvalue weighted by Gasteiger charge is -2.41. The molecule has 1 saturated carbocycles. The Morgan fingerprint density at radius 2 is 1.82 bits per heavy atom. The summed E-state index contributed by atoms with van der Waals surface area (Å²) in [6, 6.07) is -0.0483. The maximum absolute atomic E-state index is 12.0. The van der Waals surface area contributed by atoms with Crippen LogP contribution in [0, 0.1) is 5.92 Å². The molecule has 0 aromatic carbocycles. The van der Waals surface area contributed by atoms with E-state index in [0.29, 0.717) is 5.92 Å². The molecule has 3 unspecified atom stereocenters. The van der Waals surface area contributed by atoms with E-state index in [4.69, 9.17) is 0 Å². The van der Waals surface area contributed by atoms with E-state index in [1.807, 2.05) is 11.8 Å². The molecule has 17 heavy (non-hydrogen) atoms. The smallest absolute Gasteiger partial charge is 0.242 e. The lowest BCUT2D eigenvalue weighted by Crippen LogP contribution is -2.61. The van der Waals surface area contributed by atoms with Gasteiger partial charge in [-0.1, -0.05) is 26.2 Å². The Hall–Kier alpha value is -1.06. The van der Waals surface area contributed by atoms with Crippen molar-refractivity contribution in [2.45, 2.75) is 58.0 Å². The van der Waals surface area contributed by atoms with Crippen LogP contribution in [0.3, 0.4) is 0 Å². The van der Waals surface area contributed by atoms with Crippen molar-refractivity contribution in [2.75, 3.05) is 6.54 Å². The molecule has 1 aliphatic carbocycles. The molecule has 1 aliphatic heterocycles. The van der Waals surface area contributed by atoms with Crippen molar-refractivity contribution in [1.82, 2.24) is 10.2 Å². The van der Waals surface area contributed by atoms with E-state index in [2.05, 4.69) is 12.2 Å². The Labute approximate surface area is 103 Å². The molecule has 1 saturated heterocycles. The van der Waals surface area contributed by atoms with Crippen LogP contribution in [0.4, 0.5) is 0 Å². The summed E-state index contributed by atoms with van der Waals surface area (Å²) in [6.07, 6.45) is 5.89. The Bertz CT molecular complexity index is 317. The van der Waals surface area contributed by atoms with Gasteiger partial charge in [-0.15, -0.1) is 0 Å². The summed E-state index contributed by atoms with van der Waals surface area (Å²) in [5, 5.41) is 2.65. The number of carbonyl (C=O) groups is 2. The molecule has 4 nitrogen and oxygen atoms in total.